The number of rotatable bonds is 5. The lowest BCUT2D eigenvalue weighted by Gasteiger charge is -2.07. The maximum absolute atomic E-state index is 11.8. The summed E-state index contributed by atoms with van der Waals surface area (Å²) in [4.78, 5) is 16.7. The van der Waals surface area contributed by atoms with Crippen LogP contribution in [0.15, 0.2) is 29.4 Å². The second kappa shape index (κ2) is 8.98. The zero-order valence-electron chi connectivity index (χ0n) is 13.7. The zero-order valence-corrected chi connectivity index (χ0v) is 13.7. The average Bonchev–Trinajstić information content (AvgIpc) is 2.86. The van der Waals surface area contributed by atoms with Gasteiger partial charge in [0, 0.05) is 6.08 Å². The number of benzene rings is 1. The van der Waals surface area contributed by atoms with Crippen LogP contribution in [-0.2, 0) is 9.63 Å². The second-order valence-corrected chi connectivity index (χ2v) is 5.43. The lowest BCUT2D eigenvalue weighted by molar-refractivity contribution is -0.137. The summed E-state index contributed by atoms with van der Waals surface area (Å²) >= 11 is 0. The molecule has 1 fully saturated rings. The Morgan fingerprint density at radius 2 is 1.74 bits per heavy atom. The standard InChI is InChI=1S/C18H23NO4/c1-21-16-11-9-14(13-17(16)22-2)10-12-18(20)23-19-15-7-5-3-4-6-8-15/h9-13H,3-8H2,1-2H3/b12-10+. The molecule has 0 N–H and O–H groups in total. The first-order valence-corrected chi connectivity index (χ1v) is 7.89. The Hall–Kier alpha value is -2.30. The molecule has 0 bridgehead atoms. The normalized spacial score (nSPS) is 15.1. The largest absolute Gasteiger partial charge is 0.493 e. The first-order chi connectivity index (χ1) is 11.2. The first kappa shape index (κ1) is 17.1. The van der Waals surface area contributed by atoms with Crippen LogP contribution in [0.4, 0.5) is 0 Å². The minimum absolute atomic E-state index is 0.475. The van der Waals surface area contributed by atoms with Gasteiger partial charge < -0.3 is 14.3 Å². The van der Waals surface area contributed by atoms with E-state index >= 15 is 0 Å². The van der Waals surface area contributed by atoms with E-state index < -0.39 is 5.97 Å². The predicted octanol–water partition coefficient (Wildman–Crippen LogP) is 3.97. The molecular formula is C18H23NO4. The fourth-order valence-corrected chi connectivity index (χ4v) is 2.49. The average molecular weight is 317 g/mol. The number of nitrogens with zero attached hydrogens (tertiary/aromatic N) is 1. The second-order valence-electron chi connectivity index (χ2n) is 5.43. The van der Waals surface area contributed by atoms with Gasteiger partial charge in [0.2, 0.25) is 0 Å². The van der Waals surface area contributed by atoms with Crippen molar-refractivity contribution in [2.45, 2.75) is 38.5 Å². The van der Waals surface area contributed by atoms with E-state index in [4.69, 9.17) is 14.3 Å². The fourth-order valence-electron chi connectivity index (χ4n) is 2.49. The number of carbonyl (C=O) groups excluding carboxylic acids is 1. The Morgan fingerprint density at radius 1 is 1.04 bits per heavy atom. The molecule has 5 nitrogen and oxygen atoms in total. The van der Waals surface area contributed by atoms with Crippen molar-refractivity contribution in [1.82, 2.24) is 0 Å². The van der Waals surface area contributed by atoms with Gasteiger partial charge >= 0.3 is 5.97 Å². The Labute approximate surface area is 136 Å². The summed E-state index contributed by atoms with van der Waals surface area (Å²) < 4.78 is 10.4. The monoisotopic (exact) mass is 317 g/mol. The van der Waals surface area contributed by atoms with Crippen molar-refractivity contribution >= 4 is 17.8 Å². The Kier molecular flexibility index (Phi) is 6.66. The van der Waals surface area contributed by atoms with Gasteiger partial charge in [0.1, 0.15) is 0 Å². The molecular weight excluding hydrogens is 294 g/mol. The molecule has 0 unspecified atom stereocenters. The van der Waals surface area contributed by atoms with Crippen molar-refractivity contribution in [3.63, 3.8) is 0 Å². The van der Waals surface area contributed by atoms with Crippen LogP contribution < -0.4 is 9.47 Å². The summed E-state index contributed by atoms with van der Waals surface area (Å²) in [5.74, 6) is 0.783. The van der Waals surface area contributed by atoms with Gasteiger partial charge in [-0.05, 0) is 49.5 Å². The van der Waals surface area contributed by atoms with Gasteiger partial charge in [0.25, 0.3) is 0 Å². The molecule has 5 heteroatoms. The molecule has 124 valence electrons. The molecule has 0 atom stereocenters. The number of hydrogen-bond donors (Lipinski definition) is 0. The summed E-state index contributed by atoms with van der Waals surface area (Å²) in [6.07, 6.45) is 9.58. The van der Waals surface area contributed by atoms with E-state index in [-0.39, 0.29) is 0 Å². The van der Waals surface area contributed by atoms with E-state index in [1.54, 1.807) is 32.4 Å². The number of carbonyl (C=O) groups is 1. The van der Waals surface area contributed by atoms with Gasteiger partial charge in [-0.3, -0.25) is 0 Å². The van der Waals surface area contributed by atoms with Gasteiger partial charge in [0.15, 0.2) is 11.5 Å². The highest BCUT2D eigenvalue weighted by Gasteiger charge is 2.07. The van der Waals surface area contributed by atoms with E-state index in [1.807, 2.05) is 6.07 Å². The van der Waals surface area contributed by atoms with E-state index in [0.29, 0.717) is 11.5 Å². The van der Waals surface area contributed by atoms with Crippen LogP contribution in [0.1, 0.15) is 44.1 Å². The summed E-state index contributed by atoms with van der Waals surface area (Å²) in [5.41, 5.74) is 1.80. The van der Waals surface area contributed by atoms with Crippen LogP contribution in [0, 0.1) is 0 Å². The smallest absolute Gasteiger partial charge is 0.358 e. The summed E-state index contributed by atoms with van der Waals surface area (Å²) in [5, 5.41) is 3.99. The Balaban J connectivity index is 1.94. The highest BCUT2D eigenvalue weighted by Crippen LogP contribution is 2.27. The van der Waals surface area contributed by atoms with Crippen LogP contribution in [0.2, 0.25) is 0 Å². The van der Waals surface area contributed by atoms with Crippen LogP contribution in [0.3, 0.4) is 0 Å². The van der Waals surface area contributed by atoms with Gasteiger partial charge in [-0.2, -0.15) is 0 Å². The van der Waals surface area contributed by atoms with Crippen LogP contribution in [0.25, 0.3) is 6.08 Å². The summed E-state index contributed by atoms with van der Waals surface area (Å²) in [6, 6.07) is 5.41. The van der Waals surface area contributed by atoms with Crippen LogP contribution in [0.5, 0.6) is 11.5 Å². The van der Waals surface area contributed by atoms with Crippen molar-refractivity contribution in [3.8, 4) is 11.5 Å². The molecule has 0 aromatic heterocycles. The van der Waals surface area contributed by atoms with E-state index in [9.17, 15) is 4.79 Å². The minimum atomic E-state index is -0.475. The maximum atomic E-state index is 11.8. The van der Waals surface area contributed by atoms with Crippen molar-refractivity contribution in [3.05, 3.63) is 29.8 Å². The van der Waals surface area contributed by atoms with Crippen molar-refractivity contribution in [2.24, 2.45) is 5.16 Å². The molecule has 0 radical (unpaired) electrons. The first-order valence-electron chi connectivity index (χ1n) is 7.89. The molecule has 0 spiro atoms. The molecule has 1 aliphatic rings. The van der Waals surface area contributed by atoms with E-state index in [1.165, 1.54) is 18.9 Å². The quantitative estimate of drug-likeness (QED) is 0.357. The predicted molar refractivity (Wildman–Crippen MR) is 89.8 cm³/mol. The van der Waals surface area contributed by atoms with E-state index in [0.717, 1.165) is 37.0 Å². The minimum Gasteiger partial charge on any atom is -0.493 e. The molecule has 1 saturated carbocycles. The molecule has 0 heterocycles. The number of methoxy groups -OCH3 is 2. The molecule has 0 aliphatic heterocycles. The third kappa shape index (κ3) is 5.43. The van der Waals surface area contributed by atoms with Gasteiger partial charge in [0.05, 0.1) is 19.9 Å². The third-order valence-electron chi connectivity index (χ3n) is 3.76. The van der Waals surface area contributed by atoms with Gasteiger partial charge in [-0.1, -0.05) is 24.1 Å². The molecule has 1 aromatic carbocycles. The van der Waals surface area contributed by atoms with Gasteiger partial charge in [-0.15, -0.1) is 0 Å². The van der Waals surface area contributed by atoms with Crippen molar-refractivity contribution < 1.29 is 19.1 Å². The Morgan fingerprint density at radius 3 is 2.39 bits per heavy atom. The number of oxime groups is 1. The number of ether oxygens (including phenoxy) is 2. The van der Waals surface area contributed by atoms with Crippen LogP contribution >= 0.6 is 0 Å². The molecule has 0 amide bonds. The lowest BCUT2D eigenvalue weighted by atomic mass is 10.2. The summed E-state index contributed by atoms with van der Waals surface area (Å²) in [7, 11) is 3.15. The van der Waals surface area contributed by atoms with E-state index in [2.05, 4.69) is 5.16 Å². The third-order valence-corrected chi connectivity index (χ3v) is 3.76. The fraction of sp³-hybridized carbons (Fsp3) is 0.444. The van der Waals surface area contributed by atoms with Crippen molar-refractivity contribution in [1.29, 1.82) is 0 Å². The maximum Gasteiger partial charge on any atom is 0.358 e. The summed E-state index contributed by atoms with van der Waals surface area (Å²) in [6.45, 7) is 0. The Bertz CT molecular complexity index is 583. The lowest BCUT2D eigenvalue weighted by Crippen LogP contribution is -2.01. The van der Waals surface area contributed by atoms with Crippen molar-refractivity contribution in [2.75, 3.05) is 14.2 Å². The highest BCUT2D eigenvalue weighted by molar-refractivity contribution is 5.89. The van der Waals surface area contributed by atoms with Crippen LogP contribution in [-0.4, -0.2) is 25.9 Å². The molecule has 0 saturated heterocycles. The topological polar surface area (TPSA) is 57.1 Å². The number of hydrogen-bond acceptors (Lipinski definition) is 5. The molecule has 2 rings (SSSR count). The molecule has 1 aliphatic carbocycles. The molecule has 1 aromatic rings. The van der Waals surface area contributed by atoms with Gasteiger partial charge in [-0.25, -0.2) is 4.79 Å². The SMILES string of the molecule is COc1ccc(/C=C/C(=O)ON=C2CCCCCC2)cc1OC. The molecule has 23 heavy (non-hydrogen) atoms. The highest BCUT2D eigenvalue weighted by atomic mass is 16.7. The zero-order chi connectivity index (χ0) is 16.5.